The van der Waals surface area contributed by atoms with Gasteiger partial charge in [-0.1, -0.05) is 6.42 Å². The fourth-order valence-corrected chi connectivity index (χ4v) is 3.49. The third-order valence-corrected chi connectivity index (χ3v) is 4.91. The van der Waals surface area contributed by atoms with Crippen LogP contribution >= 0.6 is 0 Å². The van der Waals surface area contributed by atoms with Crippen molar-refractivity contribution in [3.8, 4) is 0 Å². The summed E-state index contributed by atoms with van der Waals surface area (Å²) in [6, 6.07) is 0. The molecule has 2 aliphatic rings. The summed E-state index contributed by atoms with van der Waals surface area (Å²) in [4.78, 5) is 21.3. The van der Waals surface area contributed by atoms with Crippen LogP contribution in [0.25, 0.3) is 11.0 Å². The monoisotopic (exact) mass is 269 g/mol. The van der Waals surface area contributed by atoms with Crippen LogP contribution < -0.4 is 0 Å². The minimum absolute atomic E-state index is 0.157. The molecule has 1 saturated carbocycles. The third kappa shape index (κ3) is 1.67. The van der Waals surface area contributed by atoms with Gasteiger partial charge in [0.25, 0.3) is 0 Å². The van der Waals surface area contributed by atoms with Gasteiger partial charge in [0.15, 0.2) is 0 Å². The van der Waals surface area contributed by atoms with E-state index in [-0.39, 0.29) is 5.91 Å². The second-order valence-corrected chi connectivity index (χ2v) is 6.05. The van der Waals surface area contributed by atoms with E-state index < -0.39 is 0 Å². The second kappa shape index (κ2) is 4.33. The van der Waals surface area contributed by atoms with Gasteiger partial charge in [-0.25, -0.2) is 4.98 Å². The van der Waals surface area contributed by atoms with Gasteiger partial charge in [0, 0.05) is 37.8 Å². The van der Waals surface area contributed by atoms with Crippen molar-refractivity contribution in [2.45, 2.75) is 45.1 Å². The molecule has 20 heavy (non-hydrogen) atoms. The van der Waals surface area contributed by atoms with Crippen molar-refractivity contribution in [3.05, 3.63) is 29.1 Å². The van der Waals surface area contributed by atoms with Crippen molar-refractivity contribution in [1.29, 1.82) is 0 Å². The standard InChI is InChI=1S/C16H19N3O/c1-10(20)19-6-5-13-12(9-19)7-17-16-15(13)14(8-18-16)11-3-2-4-11/h7-8,11H,2-6,9H2,1H3,(H,17,18). The van der Waals surface area contributed by atoms with E-state index in [1.54, 1.807) is 6.92 Å². The van der Waals surface area contributed by atoms with Crippen molar-refractivity contribution in [2.75, 3.05) is 6.54 Å². The lowest BCUT2D eigenvalue weighted by atomic mass is 9.79. The SMILES string of the molecule is CC(=O)N1CCc2c(cnc3[nH]cc(C4CCC4)c23)C1. The van der Waals surface area contributed by atoms with Gasteiger partial charge in [-0.2, -0.15) is 0 Å². The van der Waals surface area contributed by atoms with Crippen LogP contribution in [0.4, 0.5) is 0 Å². The predicted octanol–water partition coefficient (Wildman–Crippen LogP) is 2.74. The van der Waals surface area contributed by atoms with Crippen LogP contribution in [-0.2, 0) is 17.8 Å². The Morgan fingerprint density at radius 3 is 3.00 bits per heavy atom. The zero-order valence-electron chi connectivity index (χ0n) is 11.8. The maximum absolute atomic E-state index is 11.6. The van der Waals surface area contributed by atoms with Gasteiger partial charge in [-0.3, -0.25) is 4.79 Å². The Hall–Kier alpha value is -1.84. The van der Waals surface area contributed by atoms with Gasteiger partial charge in [0.2, 0.25) is 5.91 Å². The molecule has 1 aliphatic carbocycles. The highest BCUT2D eigenvalue weighted by molar-refractivity contribution is 5.86. The lowest BCUT2D eigenvalue weighted by molar-refractivity contribution is -0.129. The van der Waals surface area contributed by atoms with Crippen LogP contribution in [0.2, 0.25) is 0 Å². The number of aromatic amines is 1. The van der Waals surface area contributed by atoms with Crippen molar-refractivity contribution in [1.82, 2.24) is 14.9 Å². The van der Waals surface area contributed by atoms with Gasteiger partial charge < -0.3 is 9.88 Å². The van der Waals surface area contributed by atoms with Gasteiger partial charge in [0.05, 0.1) is 0 Å². The first-order chi connectivity index (χ1) is 9.74. The molecule has 1 amide bonds. The topological polar surface area (TPSA) is 49.0 Å². The summed E-state index contributed by atoms with van der Waals surface area (Å²) in [5, 5.41) is 1.34. The Bertz CT molecular complexity index is 684. The molecule has 0 bridgehead atoms. The van der Waals surface area contributed by atoms with E-state index in [9.17, 15) is 4.79 Å². The van der Waals surface area contributed by atoms with Crippen molar-refractivity contribution in [2.24, 2.45) is 0 Å². The fraction of sp³-hybridized carbons (Fsp3) is 0.500. The summed E-state index contributed by atoms with van der Waals surface area (Å²) in [5.74, 6) is 0.868. The summed E-state index contributed by atoms with van der Waals surface area (Å²) < 4.78 is 0. The Labute approximate surface area is 118 Å². The van der Waals surface area contributed by atoms with Gasteiger partial charge in [-0.15, -0.1) is 0 Å². The molecule has 0 spiro atoms. The number of H-pyrrole nitrogens is 1. The molecule has 4 nitrogen and oxygen atoms in total. The minimum atomic E-state index is 0.157. The number of hydrogen-bond donors (Lipinski definition) is 1. The summed E-state index contributed by atoms with van der Waals surface area (Å²) >= 11 is 0. The van der Waals surface area contributed by atoms with Crippen molar-refractivity contribution in [3.63, 3.8) is 0 Å². The summed E-state index contributed by atoms with van der Waals surface area (Å²) in [7, 11) is 0. The molecule has 4 heteroatoms. The van der Waals surface area contributed by atoms with Crippen LogP contribution in [0.15, 0.2) is 12.4 Å². The molecule has 0 radical (unpaired) electrons. The van der Waals surface area contributed by atoms with Gasteiger partial charge in [-0.05, 0) is 41.9 Å². The molecule has 0 aromatic carbocycles. The number of nitrogens with one attached hydrogen (secondary N) is 1. The first-order valence-electron chi connectivity index (χ1n) is 7.47. The summed E-state index contributed by atoms with van der Waals surface area (Å²) in [6.07, 6.45) is 8.99. The Kier molecular flexibility index (Phi) is 2.59. The molecule has 1 aliphatic heterocycles. The molecule has 104 valence electrons. The van der Waals surface area contributed by atoms with Crippen LogP contribution in [0.5, 0.6) is 0 Å². The molecular formula is C16H19N3O. The molecule has 2 aromatic rings. The van der Waals surface area contributed by atoms with Crippen molar-refractivity contribution >= 4 is 16.9 Å². The number of nitrogens with zero attached hydrogens (tertiary/aromatic N) is 2. The van der Waals surface area contributed by atoms with E-state index in [2.05, 4.69) is 16.2 Å². The average molecular weight is 269 g/mol. The smallest absolute Gasteiger partial charge is 0.219 e. The minimum Gasteiger partial charge on any atom is -0.346 e. The lowest BCUT2D eigenvalue weighted by Gasteiger charge is -2.30. The molecule has 3 heterocycles. The maximum Gasteiger partial charge on any atom is 0.219 e. The number of carbonyl (C=O) groups excluding carboxylic acids is 1. The fourth-order valence-electron chi connectivity index (χ4n) is 3.49. The third-order valence-electron chi connectivity index (χ3n) is 4.91. The highest BCUT2D eigenvalue weighted by Gasteiger charge is 2.27. The second-order valence-electron chi connectivity index (χ2n) is 6.05. The summed E-state index contributed by atoms with van der Waals surface area (Å²) in [6.45, 7) is 3.19. The number of hydrogen-bond acceptors (Lipinski definition) is 2. The number of fused-ring (bicyclic) bond motifs is 3. The largest absolute Gasteiger partial charge is 0.346 e. The quantitative estimate of drug-likeness (QED) is 0.865. The number of pyridine rings is 1. The predicted molar refractivity (Wildman–Crippen MR) is 77.5 cm³/mol. The number of carbonyl (C=O) groups is 1. The highest BCUT2D eigenvalue weighted by Crippen LogP contribution is 2.41. The van der Waals surface area contributed by atoms with Gasteiger partial charge >= 0.3 is 0 Å². The first-order valence-corrected chi connectivity index (χ1v) is 7.47. The molecule has 2 aromatic heterocycles. The molecule has 1 N–H and O–H groups in total. The molecule has 0 atom stereocenters. The molecule has 1 fully saturated rings. The van der Waals surface area contributed by atoms with E-state index in [0.717, 1.165) is 18.6 Å². The maximum atomic E-state index is 11.6. The Balaban J connectivity index is 1.82. The van der Waals surface area contributed by atoms with E-state index >= 15 is 0 Å². The highest BCUT2D eigenvalue weighted by atomic mass is 16.2. The van der Waals surface area contributed by atoms with Crippen LogP contribution in [0.3, 0.4) is 0 Å². The van der Waals surface area contributed by atoms with Crippen molar-refractivity contribution < 1.29 is 4.79 Å². The number of aromatic nitrogens is 2. The van der Waals surface area contributed by atoms with Crippen LogP contribution in [0, 0.1) is 0 Å². The normalized spacial score (nSPS) is 18.9. The number of amides is 1. The van der Waals surface area contributed by atoms with E-state index in [0.29, 0.717) is 12.5 Å². The van der Waals surface area contributed by atoms with Crippen LogP contribution in [0.1, 0.15) is 48.8 Å². The average Bonchev–Trinajstić information content (AvgIpc) is 2.80. The Morgan fingerprint density at radius 1 is 1.45 bits per heavy atom. The molecule has 0 unspecified atom stereocenters. The molecule has 0 saturated heterocycles. The van der Waals surface area contributed by atoms with E-state index in [1.165, 1.54) is 41.3 Å². The lowest BCUT2D eigenvalue weighted by Crippen LogP contribution is -2.34. The molecule has 4 rings (SSSR count). The zero-order valence-corrected chi connectivity index (χ0v) is 11.8. The summed E-state index contributed by atoms with van der Waals surface area (Å²) in [5.41, 5.74) is 5.10. The molecular weight excluding hydrogens is 250 g/mol. The first kappa shape index (κ1) is 11.9. The van der Waals surface area contributed by atoms with E-state index in [4.69, 9.17) is 0 Å². The van der Waals surface area contributed by atoms with Crippen LogP contribution in [-0.4, -0.2) is 27.3 Å². The number of rotatable bonds is 1. The zero-order chi connectivity index (χ0) is 13.7. The Morgan fingerprint density at radius 2 is 2.30 bits per heavy atom. The van der Waals surface area contributed by atoms with E-state index in [1.807, 2.05) is 11.1 Å². The van der Waals surface area contributed by atoms with Gasteiger partial charge in [0.1, 0.15) is 5.65 Å².